The fourth-order valence-electron chi connectivity index (χ4n) is 0.868. The van der Waals surface area contributed by atoms with E-state index in [1.807, 2.05) is 6.92 Å². The maximum Gasteiger partial charge on any atom is 0.251 e. The molecule has 2 N–H and O–H groups in total. The Bertz CT molecular complexity index is 152. The van der Waals surface area contributed by atoms with Crippen LogP contribution in [-0.4, -0.2) is 36.5 Å². The third kappa shape index (κ3) is 5.37. The smallest absolute Gasteiger partial charge is 0.251 e. The van der Waals surface area contributed by atoms with Crippen molar-refractivity contribution in [2.45, 2.75) is 13.3 Å². The van der Waals surface area contributed by atoms with Crippen LogP contribution >= 0.6 is 12.2 Å². The first kappa shape index (κ1) is 11.7. The van der Waals surface area contributed by atoms with E-state index >= 15 is 0 Å². The van der Waals surface area contributed by atoms with Crippen molar-refractivity contribution in [3.8, 4) is 0 Å². The second-order valence-electron chi connectivity index (χ2n) is 2.92. The highest BCUT2D eigenvalue weighted by Crippen LogP contribution is 2.01. The van der Waals surface area contributed by atoms with E-state index < -0.39 is 6.43 Å². The lowest BCUT2D eigenvalue weighted by atomic mass is 10.2. The normalized spacial score (nSPS) is 13.8. The molecule has 0 saturated carbocycles. The van der Waals surface area contributed by atoms with E-state index in [-0.39, 0.29) is 12.5 Å². The van der Waals surface area contributed by atoms with Crippen molar-refractivity contribution < 1.29 is 8.78 Å². The van der Waals surface area contributed by atoms with Gasteiger partial charge in [-0.2, -0.15) is 0 Å². The molecule has 0 saturated heterocycles. The Kier molecular flexibility index (Phi) is 5.24. The summed E-state index contributed by atoms with van der Waals surface area (Å²) < 4.78 is 23.7. The molecular weight excluding hydrogens is 182 g/mol. The van der Waals surface area contributed by atoms with Crippen molar-refractivity contribution in [2.24, 2.45) is 11.7 Å². The van der Waals surface area contributed by atoms with Crippen molar-refractivity contribution in [1.82, 2.24) is 4.90 Å². The van der Waals surface area contributed by atoms with Gasteiger partial charge in [-0.25, -0.2) is 8.78 Å². The second-order valence-corrected chi connectivity index (χ2v) is 3.39. The predicted octanol–water partition coefficient (Wildman–Crippen LogP) is 1.11. The van der Waals surface area contributed by atoms with Gasteiger partial charge in [-0.15, -0.1) is 0 Å². The molecule has 0 aromatic carbocycles. The Morgan fingerprint density at radius 3 is 2.33 bits per heavy atom. The first-order valence-corrected chi connectivity index (χ1v) is 4.10. The molecule has 0 aromatic heterocycles. The van der Waals surface area contributed by atoms with Gasteiger partial charge in [0.1, 0.15) is 0 Å². The molecule has 0 rings (SSSR count). The Labute approximate surface area is 76.7 Å². The highest BCUT2D eigenvalue weighted by atomic mass is 32.1. The average molecular weight is 196 g/mol. The van der Waals surface area contributed by atoms with Crippen LogP contribution in [0.3, 0.4) is 0 Å². The number of thiocarbonyl (C=S) groups is 1. The molecule has 0 radical (unpaired) electrons. The molecule has 0 aliphatic heterocycles. The zero-order chi connectivity index (χ0) is 9.72. The Morgan fingerprint density at radius 2 is 2.00 bits per heavy atom. The van der Waals surface area contributed by atoms with E-state index in [4.69, 9.17) is 18.0 Å². The van der Waals surface area contributed by atoms with Gasteiger partial charge in [0.2, 0.25) is 0 Å². The third-order valence-corrected chi connectivity index (χ3v) is 1.92. The molecule has 0 heterocycles. The predicted molar refractivity (Wildman–Crippen MR) is 49.5 cm³/mol. The first-order valence-electron chi connectivity index (χ1n) is 3.69. The number of nitrogens with two attached hydrogens (primary N) is 1. The van der Waals surface area contributed by atoms with Gasteiger partial charge in [-0.3, -0.25) is 0 Å². The molecule has 0 bridgehead atoms. The molecule has 1 atom stereocenters. The van der Waals surface area contributed by atoms with Gasteiger partial charge in [-0.05, 0) is 7.05 Å². The molecule has 0 fully saturated rings. The summed E-state index contributed by atoms with van der Waals surface area (Å²) >= 11 is 4.71. The van der Waals surface area contributed by atoms with Gasteiger partial charge in [0.05, 0.1) is 11.5 Å². The van der Waals surface area contributed by atoms with Gasteiger partial charge in [0, 0.05) is 12.5 Å². The van der Waals surface area contributed by atoms with Crippen molar-refractivity contribution in [3.05, 3.63) is 0 Å². The third-order valence-electron chi connectivity index (χ3n) is 1.52. The number of nitrogens with zero attached hydrogens (tertiary/aromatic N) is 1. The molecule has 5 heteroatoms. The molecule has 0 aliphatic rings. The zero-order valence-corrected chi connectivity index (χ0v) is 8.07. The highest BCUT2D eigenvalue weighted by molar-refractivity contribution is 7.80. The Hall–Kier alpha value is -0.290. The summed E-state index contributed by atoms with van der Waals surface area (Å²) in [5.74, 6) is -0.0104. The van der Waals surface area contributed by atoms with Crippen LogP contribution in [-0.2, 0) is 0 Å². The average Bonchev–Trinajstić information content (AvgIpc) is 1.84. The van der Waals surface area contributed by atoms with Crippen LogP contribution in [0.2, 0.25) is 0 Å². The first-order chi connectivity index (χ1) is 5.43. The maximum absolute atomic E-state index is 11.8. The van der Waals surface area contributed by atoms with Crippen LogP contribution in [0.5, 0.6) is 0 Å². The minimum absolute atomic E-state index is 0.0104. The van der Waals surface area contributed by atoms with E-state index in [0.717, 1.165) is 0 Å². The van der Waals surface area contributed by atoms with Crippen molar-refractivity contribution >= 4 is 17.2 Å². The summed E-state index contributed by atoms with van der Waals surface area (Å²) in [7, 11) is 1.63. The van der Waals surface area contributed by atoms with Gasteiger partial charge in [0.25, 0.3) is 6.43 Å². The van der Waals surface area contributed by atoms with E-state index in [0.29, 0.717) is 11.5 Å². The molecule has 0 amide bonds. The van der Waals surface area contributed by atoms with Gasteiger partial charge in [0.15, 0.2) is 0 Å². The SMILES string of the molecule is CC(CN(C)CC(F)F)C(N)=S. The summed E-state index contributed by atoms with van der Waals surface area (Å²) in [6.07, 6.45) is -2.30. The quantitative estimate of drug-likeness (QED) is 0.668. The fourth-order valence-corrected chi connectivity index (χ4v) is 0.942. The summed E-state index contributed by atoms with van der Waals surface area (Å²) in [4.78, 5) is 1.89. The lowest BCUT2D eigenvalue weighted by Crippen LogP contribution is -2.34. The van der Waals surface area contributed by atoms with Crippen LogP contribution < -0.4 is 5.73 Å². The van der Waals surface area contributed by atoms with Crippen LogP contribution in [0.4, 0.5) is 8.78 Å². The minimum atomic E-state index is -2.30. The second kappa shape index (κ2) is 5.37. The van der Waals surface area contributed by atoms with Crippen LogP contribution in [0, 0.1) is 5.92 Å². The monoisotopic (exact) mass is 196 g/mol. The van der Waals surface area contributed by atoms with Crippen molar-refractivity contribution in [2.75, 3.05) is 20.1 Å². The van der Waals surface area contributed by atoms with Gasteiger partial charge in [-0.1, -0.05) is 19.1 Å². The van der Waals surface area contributed by atoms with E-state index in [1.54, 1.807) is 7.05 Å². The highest BCUT2D eigenvalue weighted by Gasteiger charge is 2.12. The van der Waals surface area contributed by atoms with Crippen LogP contribution in [0.25, 0.3) is 0 Å². The summed E-state index contributed by atoms with van der Waals surface area (Å²) in [5.41, 5.74) is 5.33. The van der Waals surface area contributed by atoms with E-state index in [1.165, 1.54) is 4.90 Å². The van der Waals surface area contributed by atoms with Gasteiger partial charge < -0.3 is 10.6 Å². The number of hydrogen-bond acceptors (Lipinski definition) is 2. The Morgan fingerprint density at radius 1 is 1.50 bits per heavy atom. The fraction of sp³-hybridized carbons (Fsp3) is 0.857. The molecule has 12 heavy (non-hydrogen) atoms. The van der Waals surface area contributed by atoms with Crippen LogP contribution in [0.15, 0.2) is 0 Å². The lowest BCUT2D eigenvalue weighted by molar-refractivity contribution is 0.0979. The Balaban J connectivity index is 3.68. The molecule has 0 aliphatic carbocycles. The number of rotatable bonds is 5. The molecule has 2 nitrogen and oxygen atoms in total. The summed E-state index contributed by atoms with van der Waals surface area (Å²) in [5, 5.41) is 0. The van der Waals surface area contributed by atoms with Gasteiger partial charge >= 0.3 is 0 Å². The topological polar surface area (TPSA) is 29.3 Å². The van der Waals surface area contributed by atoms with Crippen LogP contribution in [0.1, 0.15) is 6.92 Å². The lowest BCUT2D eigenvalue weighted by Gasteiger charge is -2.19. The molecule has 0 spiro atoms. The molecular formula is C7H14F2N2S. The molecule has 72 valence electrons. The number of alkyl halides is 2. The summed E-state index contributed by atoms with van der Waals surface area (Å²) in [6, 6.07) is 0. The van der Waals surface area contributed by atoms with Crippen molar-refractivity contribution in [3.63, 3.8) is 0 Å². The standard InChI is InChI=1S/C7H14F2N2S/c1-5(7(10)12)3-11(2)4-6(8)9/h5-6H,3-4H2,1-2H3,(H2,10,12). The zero-order valence-electron chi connectivity index (χ0n) is 7.26. The summed E-state index contributed by atoms with van der Waals surface area (Å²) in [6.45, 7) is 2.08. The number of halogens is 2. The molecule has 1 unspecified atom stereocenters. The van der Waals surface area contributed by atoms with E-state index in [2.05, 4.69) is 0 Å². The van der Waals surface area contributed by atoms with Crippen molar-refractivity contribution in [1.29, 1.82) is 0 Å². The minimum Gasteiger partial charge on any atom is -0.393 e. The maximum atomic E-state index is 11.8. The van der Waals surface area contributed by atoms with E-state index in [9.17, 15) is 8.78 Å². The largest absolute Gasteiger partial charge is 0.393 e. The number of hydrogen-bond donors (Lipinski definition) is 1. The molecule has 0 aromatic rings.